The molecule has 0 aliphatic heterocycles. The van der Waals surface area contributed by atoms with Crippen LogP contribution < -0.4 is 14.2 Å². The van der Waals surface area contributed by atoms with E-state index in [0.29, 0.717) is 22.8 Å². The van der Waals surface area contributed by atoms with Gasteiger partial charge in [0, 0.05) is 0 Å². The number of ether oxygens (including phenoxy) is 3. The molecular formula is C10H14O4. The molecule has 0 aliphatic carbocycles. The van der Waals surface area contributed by atoms with Crippen LogP contribution in [0.25, 0.3) is 0 Å². The van der Waals surface area contributed by atoms with E-state index in [9.17, 15) is 0 Å². The number of benzene rings is 1. The number of aliphatic hydroxyl groups excluding tert-OH is 1. The molecule has 1 rings (SSSR count). The van der Waals surface area contributed by atoms with Gasteiger partial charge in [0.1, 0.15) is 5.75 Å². The van der Waals surface area contributed by atoms with Crippen LogP contribution in [0, 0.1) is 0 Å². The largest absolute Gasteiger partial charge is 0.496 e. The van der Waals surface area contributed by atoms with Crippen molar-refractivity contribution in [2.24, 2.45) is 0 Å². The molecule has 0 spiro atoms. The standard InChI is InChI=1S/C10H14O4/c1-12-8-4-5-9(13-2)10(14-3)7(8)6-11/h4-5,11H,6H2,1-3H3. The van der Waals surface area contributed by atoms with Gasteiger partial charge in [0.25, 0.3) is 0 Å². The molecule has 0 radical (unpaired) electrons. The second-order valence-corrected chi connectivity index (χ2v) is 2.64. The molecule has 0 aliphatic rings. The predicted octanol–water partition coefficient (Wildman–Crippen LogP) is 1.20. The van der Waals surface area contributed by atoms with Gasteiger partial charge in [-0.2, -0.15) is 0 Å². The van der Waals surface area contributed by atoms with Crippen LogP contribution in [0.1, 0.15) is 5.56 Å². The summed E-state index contributed by atoms with van der Waals surface area (Å²) in [6, 6.07) is 3.46. The summed E-state index contributed by atoms with van der Waals surface area (Å²) in [4.78, 5) is 0. The molecule has 78 valence electrons. The van der Waals surface area contributed by atoms with Gasteiger partial charge in [0.2, 0.25) is 0 Å². The normalized spacial score (nSPS) is 9.71. The van der Waals surface area contributed by atoms with E-state index in [4.69, 9.17) is 19.3 Å². The van der Waals surface area contributed by atoms with Crippen molar-refractivity contribution in [2.75, 3.05) is 21.3 Å². The molecule has 0 saturated carbocycles. The summed E-state index contributed by atoms with van der Waals surface area (Å²) in [5.74, 6) is 1.68. The average Bonchev–Trinajstić information content (AvgIpc) is 2.26. The van der Waals surface area contributed by atoms with E-state index in [2.05, 4.69) is 0 Å². The van der Waals surface area contributed by atoms with Crippen molar-refractivity contribution in [2.45, 2.75) is 6.61 Å². The molecule has 1 aromatic carbocycles. The van der Waals surface area contributed by atoms with Crippen LogP contribution in [-0.4, -0.2) is 26.4 Å². The van der Waals surface area contributed by atoms with Gasteiger partial charge in [0.15, 0.2) is 11.5 Å². The molecule has 4 heteroatoms. The number of hydrogen-bond acceptors (Lipinski definition) is 4. The molecule has 0 aromatic heterocycles. The molecule has 0 bridgehead atoms. The van der Waals surface area contributed by atoms with E-state index < -0.39 is 0 Å². The van der Waals surface area contributed by atoms with Gasteiger partial charge in [-0.1, -0.05) is 0 Å². The number of aliphatic hydroxyl groups is 1. The highest BCUT2D eigenvalue weighted by Crippen LogP contribution is 2.36. The Bertz CT molecular complexity index is 278. The van der Waals surface area contributed by atoms with Gasteiger partial charge in [0.05, 0.1) is 33.5 Å². The first kappa shape index (κ1) is 10.7. The second kappa shape index (κ2) is 4.72. The summed E-state index contributed by atoms with van der Waals surface area (Å²) in [5, 5.41) is 9.17. The number of hydrogen-bond donors (Lipinski definition) is 1. The number of rotatable bonds is 4. The van der Waals surface area contributed by atoms with E-state index >= 15 is 0 Å². The first-order valence-corrected chi connectivity index (χ1v) is 4.17. The summed E-state index contributed by atoms with van der Waals surface area (Å²) >= 11 is 0. The van der Waals surface area contributed by atoms with E-state index in [-0.39, 0.29) is 6.61 Å². The Hall–Kier alpha value is -1.42. The maximum atomic E-state index is 9.17. The van der Waals surface area contributed by atoms with Crippen molar-refractivity contribution in [3.63, 3.8) is 0 Å². The van der Waals surface area contributed by atoms with Crippen molar-refractivity contribution in [3.8, 4) is 17.2 Å². The van der Waals surface area contributed by atoms with Gasteiger partial charge in [-0.15, -0.1) is 0 Å². The first-order valence-electron chi connectivity index (χ1n) is 4.17. The zero-order valence-electron chi connectivity index (χ0n) is 8.53. The lowest BCUT2D eigenvalue weighted by Gasteiger charge is -2.14. The molecule has 1 N–H and O–H groups in total. The fraction of sp³-hybridized carbons (Fsp3) is 0.400. The maximum Gasteiger partial charge on any atom is 0.169 e. The van der Waals surface area contributed by atoms with Gasteiger partial charge >= 0.3 is 0 Å². The van der Waals surface area contributed by atoms with Crippen LogP contribution in [0.5, 0.6) is 17.2 Å². The van der Waals surface area contributed by atoms with Crippen LogP contribution in [0.2, 0.25) is 0 Å². The summed E-state index contributed by atoms with van der Waals surface area (Å²) in [5.41, 5.74) is 0.592. The van der Waals surface area contributed by atoms with Crippen molar-refractivity contribution >= 4 is 0 Å². The Balaban J connectivity index is 3.28. The van der Waals surface area contributed by atoms with Gasteiger partial charge in [-0.05, 0) is 12.1 Å². The molecule has 4 nitrogen and oxygen atoms in total. The van der Waals surface area contributed by atoms with Crippen LogP contribution in [0.3, 0.4) is 0 Å². The maximum absolute atomic E-state index is 9.17. The lowest BCUT2D eigenvalue weighted by molar-refractivity contribution is 0.261. The summed E-state index contributed by atoms with van der Waals surface area (Å²) in [7, 11) is 4.61. The molecule has 1 aromatic rings. The van der Waals surface area contributed by atoms with Crippen LogP contribution >= 0.6 is 0 Å². The fourth-order valence-corrected chi connectivity index (χ4v) is 1.31. The molecule has 0 saturated heterocycles. The third-order valence-electron chi connectivity index (χ3n) is 1.98. The van der Waals surface area contributed by atoms with E-state index in [1.807, 2.05) is 0 Å². The van der Waals surface area contributed by atoms with Crippen molar-refractivity contribution in [1.82, 2.24) is 0 Å². The Kier molecular flexibility index (Phi) is 3.59. The minimum absolute atomic E-state index is 0.149. The highest BCUT2D eigenvalue weighted by Gasteiger charge is 2.14. The third-order valence-corrected chi connectivity index (χ3v) is 1.98. The smallest absolute Gasteiger partial charge is 0.169 e. The predicted molar refractivity (Wildman–Crippen MR) is 52.0 cm³/mol. The van der Waals surface area contributed by atoms with Gasteiger partial charge in [-0.3, -0.25) is 0 Å². The van der Waals surface area contributed by atoms with Crippen LogP contribution in [0.4, 0.5) is 0 Å². The molecule has 0 heterocycles. The fourth-order valence-electron chi connectivity index (χ4n) is 1.31. The molecule has 14 heavy (non-hydrogen) atoms. The minimum Gasteiger partial charge on any atom is -0.496 e. The second-order valence-electron chi connectivity index (χ2n) is 2.64. The van der Waals surface area contributed by atoms with Gasteiger partial charge in [-0.25, -0.2) is 0 Å². The van der Waals surface area contributed by atoms with Crippen LogP contribution in [-0.2, 0) is 6.61 Å². The topological polar surface area (TPSA) is 47.9 Å². The lowest BCUT2D eigenvalue weighted by atomic mass is 10.1. The van der Waals surface area contributed by atoms with E-state index in [1.54, 1.807) is 26.4 Å². The Morgan fingerprint density at radius 3 is 2.00 bits per heavy atom. The Labute approximate surface area is 83.0 Å². The molecule has 0 unspecified atom stereocenters. The molecular weight excluding hydrogens is 184 g/mol. The molecule has 0 amide bonds. The zero-order valence-corrected chi connectivity index (χ0v) is 8.53. The lowest BCUT2D eigenvalue weighted by Crippen LogP contribution is -1.99. The highest BCUT2D eigenvalue weighted by molar-refractivity contribution is 5.53. The van der Waals surface area contributed by atoms with Crippen LogP contribution in [0.15, 0.2) is 12.1 Å². The zero-order chi connectivity index (χ0) is 10.6. The Morgan fingerprint density at radius 1 is 1.00 bits per heavy atom. The van der Waals surface area contributed by atoms with E-state index in [1.165, 1.54) is 7.11 Å². The van der Waals surface area contributed by atoms with Crippen molar-refractivity contribution < 1.29 is 19.3 Å². The van der Waals surface area contributed by atoms with E-state index in [0.717, 1.165) is 0 Å². The summed E-state index contributed by atoms with van der Waals surface area (Å²) < 4.78 is 15.3. The Morgan fingerprint density at radius 2 is 1.57 bits per heavy atom. The van der Waals surface area contributed by atoms with Gasteiger partial charge < -0.3 is 19.3 Å². The SMILES string of the molecule is COc1ccc(OC)c(OC)c1CO. The first-order chi connectivity index (χ1) is 6.78. The minimum atomic E-state index is -0.149. The molecule has 0 atom stereocenters. The summed E-state index contributed by atoms with van der Waals surface area (Å²) in [6.45, 7) is -0.149. The van der Waals surface area contributed by atoms with Crippen molar-refractivity contribution in [3.05, 3.63) is 17.7 Å². The average molecular weight is 198 g/mol. The molecule has 0 fully saturated rings. The summed E-state index contributed by atoms with van der Waals surface area (Å²) in [6.07, 6.45) is 0. The monoisotopic (exact) mass is 198 g/mol. The quantitative estimate of drug-likeness (QED) is 0.789. The van der Waals surface area contributed by atoms with Crippen molar-refractivity contribution in [1.29, 1.82) is 0 Å². The third kappa shape index (κ3) is 1.75. The highest BCUT2D eigenvalue weighted by atomic mass is 16.5. The number of methoxy groups -OCH3 is 3.